The normalized spacial score (nSPS) is 34.0. The molecule has 0 radical (unpaired) electrons. The lowest BCUT2D eigenvalue weighted by molar-refractivity contribution is -0.396. The Kier molecular flexibility index (Phi) is 30.3. The molecule has 1 aromatic rings. The molecular formula is C63H85NO35S. The Hall–Kier alpha value is -7.72. The number of aliphatic hydroxyl groups excluding tert-OH is 1. The van der Waals surface area contributed by atoms with Crippen LogP contribution in [0.5, 0.6) is 0 Å². The third-order valence-corrected chi connectivity index (χ3v) is 16.2. The van der Waals surface area contributed by atoms with Gasteiger partial charge in [-0.2, -0.15) is 0 Å². The first-order chi connectivity index (χ1) is 47.1. The molecule has 0 bridgehead atoms. The standard InChI is InChI=1S/C63H85NO35S/c1-16-100-63-57(95-58(78)39-20-18-17-19-21-39)50(44(77)40(94-63)22-79-28(5)66)98-59-43(64-27(4)65)49(97-60-54(90-37(14)75)51(87-34(11)72)45(25(2)82-60)84-31(8)69)47(41(92-59)23-80-29(6)67)96-62-56(53(89-36(13)74)48(86-33(10)71)42(93-62)24-81-30(7)68)99-61-55(91-38(15)76)52(88-35(12)73)46(26(3)83-61)85-32(9)70/h17-21,25-26,40-57,59-63,77H,16,22-24H2,1-15H3,(H,64,65)/t25?,26?,40?,41?,42?,43?,44?,45?,46-,47?,48?,49+,50-,51+,52?,53-,54?,55-,56?,57?,59-,60-,61?,62-,63-/m0/s1. The Morgan fingerprint density at radius 2 is 0.740 bits per heavy atom. The fraction of sp³-hybridized carbons (Fsp3) is 0.698. The molecule has 0 aromatic heterocycles. The molecule has 36 nitrogen and oxygen atoms in total. The fourth-order valence-electron chi connectivity index (χ4n) is 11.5. The van der Waals surface area contributed by atoms with Crippen LogP contribution in [0.25, 0.3) is 0 Å². The maximum Gasteiger partial charge on any atom is 0.338 e. The number of hydrogen-bond acceptors (Lipinski definition) is 36. The van der Waals surface area contributed by atoms with Crippen molar-refractivity contribution >= 4 is 89.3 Å². The van der Waals surface area contributed by atoms with E-state index >= 15 is 0 Å². The van der Waals surface area contributed by atoms with Crippen LogP contribution in [-0.2, 0) is 157 Å². The number of thioether (sulfide) groups is 1. The van der Waals surface area contributed by atoms with Gasteiger partial charge in [-0.1, -0.05) is 25.1 Å². The molecular weight excluding hydrogens is 1360 g/mol. The minimum absolute atomic E-state index is 0.0179. The van der Waals surface area contributed by atoms with Crippen LogP contribution in [0.3, 0.4) is 0 Å². The molecule has 0 saturated carbocycles. The Morgan fingerprint density at radius 3 is 1.17 bits per heavy atom. The zero-order chi connectivity index (χ0) is 74.1. The van der Waals surface area contributed by atoms with Crippen LogP contribution in [0.2, 0.25) is 0 Å². The number of ether oxygens (including phenoxy) is 21. The molecule has 37 heteroatoms. The van der Waals surface area contributed by atoms with Gasteiger partial charge in [0, 0.05) is 83.1 Å². The molecule has 5 saturated heterocycles. The third-order valence-electron chi connectivity index (χ3n) is 15.2. The smallest absolute Gasteiger partial charge is 0.338 e. The minimum Gasteiger partial charge on any atom is -0.463 e. The summed E-state index contributed by atoms with van der Waals surface area (Å²) in [4.78, 5) is 171. The van der Waals surface area contributed by atoms with Crippen LogP contribution in [0.4, 0.5) is 0 Å². The van der Waals surface area contributed by atoms with Crippen molar-refractivity contribution in [2.45, 2.75) is 256 Å². The zero-order valence-corrected chi connectivity index (χ0v) is 58.2. The van der Waals surface area contributed by atoms with Gasteiger partial charge in [0.2, 0.25) is 5.91 Å². The number of hydrogen-bond donors (Lipinski definition) is 2. The van der Waals surface area contributed by atoms with E-state index in [1.807, 2.05) is 0 Å². The summed E-state index contributed by atoms with van der Waals surface area (Å²) < 4.78 is 128. The predicted octanol–water partition coefficient (Wildman–Crippen LogP) is 0.179. The number of benzene rings is 1. The first kappa shape index (κ1) is 81.2. The van der Waals surface area contributed by atoms with Gasteiger partial charge < -0.3 is 110 Å². The molecule has 5 aliphatic heterocycles. The number of amides is 1. The zero-order valence-electron chi connectivity index (χ0n) is 57.4. The number of carbonyl (C=O) groups excluding carboxylic acids is 13. The fourth-order valence-corrected chi connectivity index (χ4v) is 12.5. The van der Waals surface area contributed by atoms with Gasteiger partial charge in [0.05, 0.1) is 17.8 Å². The van der Waals surface area contributed by atoms with Crippen LogP contribution in [0.15, 0.2) is 30.3 Å². The molecule has 0 spiro atoms. The highest BCUT2D eigenvalue weighted by molar-refractivity contribution is 7.99. The average Bonchev–Trinajstić information content (AvgIpc) is 0.755. The van der Waals surface area contributed by atoms with Crippen molar-refractivity contribution in [1.82, 2.24) is 5.32 Å². The van der Waals surface area contributed by atoms with Crippen LogP contribution in [0.1, 0.15) is 114 Å². The predicted molar refractivity (Wildman–Crippen MR) is 326 cm³/mol. The number of carbonyl (C=O) groups is 13. The van der Waals surface area contributed by atoms with E-state index in [9.17, 15) is 67.4 Å². The van der Waals surface area contributed by atoms with Crippen molar-refractivity contribution in [3.8, 4) is 0 Å². The van der Waals surface area contributed by atoms with Crippen LogP contribution < -0.4 is 5.32 Å². The van der Waals surface area contributed by atoms with Crippen LogP contribution >= 0.6 is 11.8 Å². The highest BCUT2D eigenvalue weighted by atomic mass is 32.2. The maximum absolute atomic E-state index is 14.2. The van der Waals surface area contributed by atoms with E-state index in [-0.39, 0.29) is 11.3 Å². The number of aliphatic hydroxyl groups is 1. The highest BCUT2D eigenvalue weighted by Crippen LogP contribution is 2.42. The lowest BCUT2D eigenvalue weighted by Gasteiger charge is -2.53. The minimum atomic E-state index is -2.31. The Balaban J connectivity index is 1.68. The quantitative estimate of drug-likeness (QED) is 0.0876. The second-order valence-corrected chi connectivity index (χ2v) is 24.7. The molecule has 100 heavy (non-hydrogen) atoms. The Morgan fingerprint density at radius 1 is 0.380 bits per heavy atom. The molecule has 1 amide bonds. The molecule has 6 rings (SSSR count). The van der Waals surface area contributed by atoms with E-state index in [2.05, 4.69) is 5.32 Å². The Labute approximate surface area is 577 Å². The monoisotopic (exact) mass is 1450 g/mol. The lowest BCUT2D eigenvalue weighted by Crippen LogP contribution is -2.72. The van der Waals surface area contributed by atoms with Gasteiger partial charge in [-0.25, -0.2) is 4.79 Å². The molecule has 1 aromatic carbocycles. The first-order valence-corrected chi connectivity index (χ1v) is 32.6. The highest BCUT2D eigenvalue weighted by Gasteiger charge is 2.62. The van der Waals surface area contributed by atoms with E-state index in [0.717, 1.165) is 94.8 Å². The lowest BCUT2D eigenvalue weighted by atomic mass is 9.93. The van der Waals surface area contributed by atoms with E-state index in [1.54, 1.807) is 25.1 Å². The summed E-state index contributed by atoms with van der Waals surface area (Å²) in [5, 5.41) is 15.2. The summed E-state index contributed by atoms with van der Waals surface area (Å²) >= 11 is 1.06. The summed E-state index contributed by atoms with van der Waals surface area (Å²) in [6, 6.07) is 5.58. The molecule has 2 N–H and O–H groups in total. The molecule has 5 fully saturated rings. The molecule has 15 unspecified atom stereocenters. The third kappa shape index (κ3) is 22.6. The average molecular weight is 1450 g/mol. The summed E-state index contributed by atoms with van der Waals surface area (Å²) in [6.07, 6.45) is -43.2. The number of esters is 12. The van der Waals surface area contributed by atoms with Crippen LogP contribution in [-0.4, -0.2) is 261 Å². The van der Waals surface area contributed by atoms with Gasteiger partial charge >= 0.3 is 71.6 Å². The van der Waals surface area contributed by atoms with Gasteiger partial charge in [0.1, 0.15) is 74.0 Å². The van der Waals surface area contributed by atoms with Gasteiger partial charge in [-0.3, -0.25) is 57.5 Å². The van der Waals surface area contributed by atoms with E-state index in [0.29, 0.717) is 0 Å². The topological polar surface area (TPSA) is 448 Å². The summed E-state index contributed by atoms with van der Waals surface area (Å²) in [7, 11) is 0. The van der Waals surface area contributed by atoms with E-state index in [1.165, 1.54) is 26.0 Å². The van der Waals surface area contributed by atoms with Crippen molar-refractivity contribution in [3.05, 3.63) is 35.9 Å². The van der Waals surface area contributed by atoms with Crippen molar-refractivity contribution in [1.29, 1.82) is 0 Å². The molecule has 5 aliphatic rings. The van der Waals surface area contributed by atoms with Crippen molar-refractivity contribution in [2.75, 3.05) is 25.6 Å². The molecule has 0 aliphatic carbocycles. The van der Waals surface area contributed by atoms with Gasteiger partial charge in [-0.05, 0) is 31.7 Å². The number of nitrogens with one attached hydrogen (secondary N) is 1. The van der Waals surface area contributed by atoms with Gasteiger partial charge in [-0.15, -0.1) is 11.8 Å². The van der Waals surface area contributed by atoms with E-state index in [4.69, 9.17) is 99.5 Å². The summed E-state index contributed by atoms with van der Waals surface area (Å²) in [6.45, 7) is 13.8. The van der Waals surface area contributed by atoms with Crippen molar-refractivity contribution < 1.29 is 167 Å². The second kappa shape index (κ2) is 37.3. The number of rotatable bonds is 27. The maximum atomic E-state index is 14.2. The Bertz CT molecular complexity index is 3060. The van der Waals surface area contributed by atoms with Crippen molar-refractivity contribution in [3.63, 3.8) is 0 Å². The molecule has 5 heterocycles. The van der Waals surface area contributed by atoms with E-state index < -0.39 is 250 Å². The summed E-state index contributed by atoms with van der Waals surface area (Å²) in [5.74, 6) is -12.6. The van der Waals surface area contributed by atoms with Crippen molar-refractivity contribution in [2.24, 2.45) is 0 Å². The SMILES string of the molecule is CCS[C@@H]1OC(COC(C)=O)C(O)[C@H](O[C@@H]2OC(COC(C)=O)C(O[C@@H]3OC(COC(C)=O)C(OC(C)=O)[C@H](OC(C)=O)C3OC3OC(C)[C@H](OC(C)=O)C(OC(C)=O)[C@@H]3OC(C)=O)[C@H](O[C@@H]3OC(C)C(OC(C)=O)[C@@H](OC(C)=O)C3OC(C)=O)C2NC(C)=O)C1OC(=O)c1ccccc1. The van der Waals surface area contributed by atoms with Gasteiger partial charge in [0.25, 0.3) is 0 Å². The van der Waals surface area contributed by atoms with Crippen LogP contribution in [0, 0.1) is 0 Å². The van der Waals surface area contributed by atoms with Gasteiger partial charge in [0.15, 0.2) is 86.2 Å². The summed E-state index contributed by atoms with van der Waals surface area (Å²) in [5.41, 5.74) is -1.25. The second-order valence-electron chi connectivity index (χ2n) is 23.4. The molecule has 25 atom stereocenters. The molecule has 558 valence electrons. The first-order valence-electron chi connectivity index (χ1n) is 31.6. The largest absolute Gasteiger partial charge is 0.463 e.